The fraction of sp³-hybridized carbons (Fsp3) is 0.533. The van der Waals surface area contributed by atoms with Gasteiger partial charge in [0.05, 0.1) is 0 Å². The molecule has 2 nitrogen and oxygen atoms in total. The van der Waals surface area contributed by atoms with Gasteiger partial charge in [0.25, 0.3) is 0 Å². The molecule has 1 aromatic carbocycles. The third-order valence-electron chi connectivity index (χ3n) is 4.08. The van der Waals surface area contributed by atoms with Crippen molar-refractivity contribution in [3.8, 4) is 0 Å². The summed E-state index contributed by atoms with van der Waals surface area (Å²) in [4.78, 5) is 0.442. The Hall–Kier alpha value is -0.610. The van der Waals surface area contributed by atoms with Gasteiger partial charge in [0.1, 0.15) is 4.99 Å². The number of nitrogens with two attached hydrogens (primary N) is 1. The lowest BCUT2D eigenvalue weighted by atomic mass is 9.73. The maximum atomic E-state index is 5.83. The van der Waals surface area contributed by atoms with Gasteiger partial charge >= 0.3 is 0 Å². The number of nitrogens with one attached hydrogen (secondary N) is 1. The molecule has 0 aliphatic heterocycles. The number of hydrogen-bond donors (Lipinski definition) is 2. The fourth-order valence-corrected chi connectivity index (χ4v) is 3.33. The van der Waals surface area contributed by atoms with Gasteiger partial charge in [-0.15, -0.1) is 0 Å². The van der Waals surface area contributed by atoms with E-state index < -0.39 is 0 Å². The molecule has 1 fully saturated rings. The largest absolute Gasteiger partial charge is 0.389 e. The van der Waals surface area contributed by atoms with Crippen LogP contribution in [0.1, 0.15) is 45.1 Å². The van der Waals surface area contributed by atoms with Crippen molar-refractivity contribution < 1.29 is 0 Å². The van der Waals surface area contributed by atoms with Crippen LogP contribution in [0.25, 0.3) is 0 Å². The van der Waals surface area contributed by atoms with Gasteiger partial charge in [-0.3, -0.25) is 0 Å². The molecular weight excluding hydrogens is 320 g/mol. The molecule has 0 aromatic heterocycles. The molecule has 104 valence electrons. The third kappa shape index (κ3) is 3.48. The van der Waals surface area contributed by atoms with E-state index in [0.29, 0.717) is 16.4 Å². The van der Waals surface area contributed by atoms with Crippen molar-refractivity contribution in [3.05, 3.63) is 28.2 Å². The van der Waals surface area contributed by atoms with Crippen molar-refractivity contribution in [2.45, 2.75) is 45.6 Å². The van der Waals surface area contributed by atoms with Crippen LogP contribution in [0.5, 0.6) is 0 Å². The van der Waals surface area contributed by atoms with E-state index in [4.69, 9.17) is 18.0 Å². The molecule has 0 saturated heterocycles. The zero-order chi connectivity index (χ0) is 14.0. The van der Waals surface area contributed by atoms with Crippen molar-refractivity contribution in [1.82, 2.24) is 0 Å². The Morgan fingerprint density at radius 2 is 2.16 bits per heavy atom. The first-order valence-corrected chi connectivity index (χ1v) is 7.96. The fourth-order valence-electron chi connectivity index (χ4n) is 2.80. The van der Waals surface area contributed by atoms with E-state index in [9.17, 15) is 0 Å². The zero-order valence-electron chi connectivity index (χ0n) is 11.5. The lowest BCUT2D eigenvalue weighted by molar-refractivity contribution is 0.217. The molecule has 0 bridgehead atoms. The van der Waals surface area contributed by atoms with Crippen LogP contribution in [0.3, 0.4) is 0 Å². The number of hydrogen-bond acceptors (Lipinski definition) is 2. The quantitative estimate of drug-likeness (QED) is 0.797. The molecule has 0 heterocycles. The first-order valence-electron chi connectivity index (χ1n) is 6.76. The minimum Gasteiger partial charge on any atom is -0.389 e. The van der Waals surface area contributed by atoms with Gasteiger partial charge in [0.15, 0.2) is 0 Å². The molecule has 1 saturated carbocycles. The summed E-state index contributed by atoms with van der Waals surface area (Å²) < 4.78 is 1.00. The Morgan fingerprint density at radius 3 is 2.79 bits per heavy atom. The normalized spacial score (nSPS) is 21.9. The minimum atomic E-state index is 0.318. The SMILES string of the molecule is CC1(C)CCCCC1Nc1ccc(Br)cc1C(N)=S. The molecule has 0 spiro atoms. The summed E-state index contributed by atoms with van der Waals surface area (Å²) in [5.74, 6) is 0. The molecule has 1 aromatic rings. The van der Waals surface area contributed by atoms with Gasteiger partial charge in [-0.25, -0.2) is 0 Å². The van der Waals surface area contributed by atoms with E-state index in [1.165, 1.54) is 25.7 Å². The topological polar surface area (TPSA) is 38.0 Å². The summed E-state index contributed by atoms with van der Waals surface area (Å²) in [6, 6.07) is 6.56. The highest BCUT2D eigenvalue weighted by Crippen LogP contribution is 2.38. The molecule has 0 amide bonds. The molecule has 0 radical (unpaired) electrons. The van der Waals surface area contributed by atoms with Gasteiger partial charge in [0.2, 0.25) is 0 Å². The maximum Gasteiger partial charge on any atom is 0.106 e. The van der Waals surface area contributed by atoms with Gasteiger partial charge in [-0.05, 0) is 36.5 Å². The summed E-state index contributed by atoms with van der Waals surface area (Å²) in [5.41, 5.74) is 8.12. The van der Waals surface area contributed by atoms with Crippen LogP contribution in [0, 0.1) is 5.41 Å². The van der Waals surface area contributed by atoms with Crippen molar-refractivity contribution in [3.63, 3.8) is 0 Å². The van der Waals surface area contributed by atoms with Crippen LogP contribution in [-0.2, 0) is 0 Å². The summed E-state index contributed by atoms with van der Waals surface area (Å²) in [6.07, 6.45) is 5.09. The lowest BCUT2D eigenvalue weighted by Crippen LogP contribution is -2.39. The van der Waals surface area contributed by atoms with Crippen LogP contribution in [0.4, 0.5) is 5.69 Å². The Kier molecular flexibility index (Phi) is 4.51. The monoisotopic (exact) mass is 340 g/mol. The Bertz CT molecular complexity index is 485. The van der Waals surface area contributed by atoms with Crippen LogP contribution in [-0.4, -0.2) is 11.0 Å². The molecule has 4 heteroatoms. The van der Waals surface area contributed by atoms with E-state index >= 15 is 0 Å². The van der Waals surface area contributed by atoms with E-state index in [0.717, 1.165) is 15.7 Å². The van der Waals surface area contributed by atoms with Crippen molar-refractivity contribution in [2.24, 2.45) is 11.1 Å². The highest BCUT2D eigenvalue weighted by molar-refractivity contribution is 9.10. The van der Waals surface area contributed by atoms with E-state index in [-0.39, 0.29) is 0 Å². The van der Waals surface area contributed by atoms with Gasteiger partial charge in [-0.1, -0.05) is 54.8 Å². The predicted octanol–water partition coefficient (Wildman–Crippen LogP) is 4.46. The van der Waals surface area contributed by atoms with Crippen LogP contribution < -0.4 is 11.1 Å². The number of rotatable bonds is 3. The highest BCUT2D eigenvalue weighted by Gasteiger charge is 2.32. The summed E-state index contributed by atoms with van der Waals surface area (Å²) >= 11 is 8.62. The maximum absolute atomic E-state index is 5.83. The summed E-state index contributed by atoms with van der Waals surface area (Å²) in [7, 11) is 0. The second kappa shape index (κ2) is 5.80. The Labute approximate surface area is 129 Å². The Balaban J connectivity index is 2.25. The molecule has 19 heavy (non-hydrogen) atoms. The molecule has 1 aliphatic rings. The number of benzene rings is 1. The van der Waals surface area contributed by atoms with Crippen LogP contribution in [0.2, 0.25) is 0 Å². The first kappa shape index (κ1) is 14.8. The second-order valence-electron chi connectivity index (χ2n) is 5.99. The van der Waals surface area contributed by atoms with Gasteiger partial charge in [0, 0.05) is 21.8 Å². The number of thiocarbonyl (C=S) groups is 1. The van der Waals surface area contributed by atoms with Crippen LogP contribution >= 0.6 is 28.1 Å². The lowest BCUT2D eigenvalue weighted by Gasteiger charge is -2.40. The molecule has 1 atom stereocenters. The minimum absolute atomic E-state index is 0.318. The smallest absolute Gasteiger partial charge is 0.106 e. The summed E-state index contributed by atoms with van der Waals surface area (Å²) in [5, 5.41) is 3.66. The number of halogens is 1. The van der Waals surface area contributed by atoms with Gasteiger partial charge < -0.3 is 11.1 Å². The highest BCUT2D eigenvalue weighted by atomic mass is 79.9. The molecule has 3 N–H and O–H groups in total. The van der Waals surface area contributed by atoms with Crippen molar-refractivity contribution in [2.75, 3.05) is 5.32 Å². The summed E-state index contributed by atoms with van der Waals surface area (Å²) in [6.45, 7) is 4.67. The standard InChI is InChI=1S/C15H21BrN2S/c1-15(2)8-4-3-5-13(15)18-12-7-6-10(16)9-11(12)14(17)19/h6-7,9,13,18H,3-5,8H2,1-2H3,(H2,17,19). The molecule has 1 unspecified atom stereocenters. The zero-order valence-corrected chi connectivity index (χ0v) is 13.9. The van der Waals surface area contributed by atoms with Crippen LogP contribution in [0.15, 0.2) is 22.7 Å². The Morgan fingerprint density at radius 1 is 1.42 bits per heavy atom. The van der Waals surface area contributed by atoms with E-state index in [1.807, 2.05) is 12.1 Å². The van der Waals surface area contributed by atoms with Crippen molar-refractivity contribution in [1.29, 1.82) is 0 Å². The first-order chi connectivity index (χ1) is 8.90. The van der Waals surface area contributed by atoms with E-state index in [2.05, 4.69) is 41.2 Å². The van der Waals surface area contributed by atoms with Gasteiger partial charge in [-0.2, -0.15) is 0 Å². The predicted molar refractivity (Wildman–Crippen MR) is 89.7 cm³/mol. The molecular formula is C15H21BrN2S. The molecule has 1 aliphatic carbocycles. The third-order valence-corrected chi connectivity index (χ3v) is 4.80. The van der Waals surface area contributed by atoms with E-state index in [1.54, 1.807) is 0 Å². The second-order valence-corrected chi connectivity index (χ2v) is 7.34. The average molecular weight is 341 g/mol. The van der Waals surface area contributed by atoms with Crippen molar-refractivity contribution >= 4 is 38.8 Å². The average Bonchev–Trinajstić information content (AvgIpc) is 2.33. The molecule has 2 rings (SSSR count). The number of anilines is 1.